The van der Waals surface area contributed by atoms with Gasteiger partial charge in [-0.05, 0) is 59.8 Å². The maximum atomic E-state index is 14.1. The van der Waals surface area contributed by atoms with E-state index in [1.807, 2.05) is 44.2 Å². The highest BCUT2D eigenvalue weighted by atomic mass is 127. The van der Waals surface area contributed by atoms with E-state index in [0.29, 0.717) is 17.9 Å². The lowest BCUT2D eigenvalue weighted by atomic mass is 10.1. The zero-order valence-electron chi connectivity index (χ0n) is 12.2. The summed E-state index contributed by atoms with van der Waals surface area (Å²) >= 11 is 2.26. The van der Waals surface area contributed by atoms with Crippen molar-refractivity contribution in [3.05, 3.63) is 63.0 Å². The van der Waals surface area contributed by atoms with Gasteiger partial charge in [-0.1, -0.05) is 25.1 Å². The van der Waals surface area contributed by atoms with Crippen LogP contribution in [0.15, 0.2) is 42.5 Å². The standard InChI is InChI=1S/C17H19FINO/c1-3-20-12(2)16-9-8-15(10-17(16)18)21-11-13-4-6-14(19)7-5-13/h4-10,12,20H,3,11H2,1-2H3. The van der Waals surface area contributed by atoms with E-state index in [2.05, 4.69) is 27.9 Å². The van der Waals surface area contributed by atoms with Gasteiger partial charge in [0, 0.05) is 21.2 Å². The third kappa shape index (κ3) is 4.68. The maximum Gasteiger partial charge on any atom is 0.131 e. The normalized spacial score (nSPS) is 12.2. The zero-order valence-corrected chi connectivity index (χ0v) is 14.4. The van der Waals surface area contributed by atoms with Gasteiger partial charge in [0.25, 0.3) is 0 Å². The minimum atomic E-state index is -0.233. The molecule has 0 bridgehead atoms. The Kier molecular flexibility index (Phi) is 5.99. The first-order chi connectivity index (χ1) is 10.1. The number of halogens is 2. The van der Waals surface area contributed by atoms with E-state index in [1.165, 1.54) is 9.64 Å². The van der Waals surface area contributed by atoms with Gasteiger partial charge >= 0.3 is 0 Å². The summed E-state index contributed by atoms with van der Waals surface area (Å²) in [6, 6.07) is 13.1. The fraction of sp³-hybridized carbons (Fsp3) is 0.294. The molecule has 2 aromatic carbocycles. The lowest BCUT2D eigenvalue weighted by molar-refractivity contribution is 0.304. The van der Waals surface area contributed by atoms with Gasteiger partial charge in [-0.2, -0.15) is 0 Å². The molecule has 4 heteroatoms. The van der Waals surface area contributed by atoms with Gasteiger partial charge < -0.3 is 10.1 Å². The fourth-order valence-electron chi connectivity index (χ4n) is 2.11. The van der Waals surface area contributed by atoms with Crippen molar-refractivity contribution in [2.24, 2.45) is 0 Å². The van der Waals surface area contributed by atoms with Crippen LogP contribution in [0.4, 0.5) is 4.39 Å². The van der Waals surface area contributed by atoms with E-state index >= 15 is 0 Å². The van der Waals surface area contributed by atoms with Crippen LogP contribution < -0.4 is 10.1 Å². The third-order valence-corrected chi connectivity index (χ3v) is 3.99. The van der Waals surface area contributed by atoms with Crippen molar-refractivity contribution in [1.82, 2.24) is 5.32 Å². The van der Waals surface area contributed by atoms with E-state index in [4.69, 9.17) is 4.74 Å². The first-order valence-electron chi connectivity index (χ1n) is 7.00. The maximum absolute atomic E-state index is 14.1. The van der Waals surface area contributed by atoms with Crippen molar-refractivity contribution in [3.63, 3.8) is 0 Å². The molecule has 0 aromatic heterocycles. The largest absolute Gasteiger partial charge is 0.489 e. The predicted octanol–water partition coefficient (Wildman–Crippen LogP) is 4.68. The molecule has 2 rings (SSSR count). The van der Waals surface area contributed by atoms with Crippen LogP contribution in [0.2, 0.25) is 0 Å². The first-order valence-corrected chi connectivity index (χ1v) is 8.08. The molecule has 0 amide bonds. The molecule has 0 fully saturated rings. The molecular formula is C17H19FINO. The van der Waals surface area contributed by atoms with Crippen LogP contribution in [0.25, 0.3) is 0 Å². The Hall–Kier alpha value is -1.14. The molecule has 1 atom stereocenters. The number of hydrogen-bond acceptors (Lipinski definition) is 2. The minimum absolute atomic E-state index is 0.000230. The van der Waals surface area contributed by atoms with Gasteiger partial charge in [-0.25, -0.2) is 4.39 Å². The SMILES string of the molecule is CCNC(C)c1ccc(OCc2ccc(I)cc2)cc1F. The molecule has 112 valence electrons. The van der Waals surface area contributed by atoms with Crippen molar-refractivity contribution in [1.29, 1.82) is 0 Å². The molecule has 0 heterocycles. The van der Waals surface area contributed by atoms with Crippen LogP contribution >= 0.6 is 22.6 Å². The minimum Gasteiger partial charge on any atom is -0.489 e. The van der Waals surface area contributed by atoms with Crippen molar-refractivity contribution in [3.8, 4) is 5.75 Å². The van der Waals surface area contributed by atoms with Crippen molar-refractivity contribution < 1.29 is 9.13 Å². The molecule has 1 N–H and O–H groups in total. The molecule has 0 saturated carbocycles. The van der Waals surface area contributed by atoms with Gasteiger partial charge in [0.1, 0.15) is 18.2 Å². The highest BCUT2D eigenvalue weighted by Gasteiger charge is 2.10. The summed E-state index contributed by atoms with van der Waals surface area (Å²) in [7, 11) is 0. The summed E-state index contributed by atoms with van der Waals surface area (Å²) in [4.78, 5) is 0. The summed E-state index contributed by atoms with van der Waals surface area (Å²) in [5.41, 5.74) is 1.74. The molecule has 0 saturated heterocycles. The van der Waals surface area contributed by atoms with Gasteiger partial charge in [0.15, 0.2) is 0 Å². The highest BCUT2D eigenvalue weighted by molar-refractivity contribution is 14.1. The van der Waals surface area contributed by atoms with Crippen LogP contribution in [0.3, 0.4) is 0 Å². The van der Waals surface area contributed by atoms with Crippen molar-refractivity contribution in [2.45, 2.75) is 26.5 Å². The highest BCUT2D eigenvalue weighted by Crippen LogP contribution is 2.22. The summed E-state index contributed by atoms with van der Waals surface area (Å²) in [5, 5.41) is 3.20. The monoisotopic (exact) mass is 399 g/mol. The van der Waals surface area contributed by atoms with E-state index in [9.17, 15) is 4.39 Å². The second kappa shape index (κ2) is 7.75. The van der Waals surface area contributed by atoms with Gasteiger partial charge in [0.2, 0.25) is 0 Å². The molecule has 0 radical (unpaired) electrons. The summed E-state index contributed by atoms with van der Waals surface area (Å²) in [6.45, 7) is 5.21. The topological polar surface area (TPSA) is 21.3 Å². The molecule has 2 aromatic rings. The van der Waals surface area contributed by atoms with Crippen LogP contribution in [0.1, 0.15) is 31.0 Å². The van der Waals surface area contributed by atoms with E-state index in [0.717, 1.165) is 12.1 Å². The molecule has 21 heavy (non-hydrogen) atoms. The number of benzene rings is 2. The lowest BCUT2D eigenvalue weighted by Crippen LogP contribution is -2.18. The fourth-order valence-corrected chi connectivity index (χ4v) is 2.47. The molecular weight excluding hydrogens is 380 g/mol. The number of ether oxygens (including phenoxy) is 1. The number of hydrogen-bond donors (Lipinski definition) is 1. The second-order valence-electron chi connectivity index (χ2n) is 4.88. The Morgan fingerprint density at radius 2 is 1.90 bits per heavy atom. The van der Waals surface area contributed by atoms with Gasteiger partial charge in [-0.3, -0.25) is 0 Å². The summed E-state index contributed by atoms with van der Waals surface area (Å²) in [6.07, 6.45) is 0. The second-order valence-corrected chi connectivity index (χ2v) is 6.12. The molecule has 2 nitrogen and oxygen atoms in total. The van der Waals surface area contributed by atoms with Crippen LogP contribution in [-0.2, 0) is 6.61 Å². The van der Waals surface area contributed by atoms with Crippen LogP contribution in [-0.4, -0.2) is 6.54 Å². The van der Waals surface area contributed by atoms with E-state index < -0.39 is 0 Å². The van der Waals surface area contributed by atoms with Crippen LogP contribution in [0.5, 0.6) is 5.75 Å². The Balaban J connectivity index is 2.01. The summed E-state index contributed by atoms with van der Waals surface area (Å²) in [5.74, 6) is 0.321. The Morgan fingerprint density at radius 3 is 2.52 bits per heavy atom. The Morgan fingerprint density at radius 1 is 1.19 bits per heavy atom. The van der Waals surface area contributed by atoms with Crippen molar-refractivity contribution in [2.75, 3.05) is 6.54 Å². The Labute approximate surface area is 138 Å². The third-order valence-electron chi connectivity index (χ3n) is 3.27. The lowest BCUT2D eigenvalue weighted by Gasteiger charge is -2.14. The average molecular weight is 399 g/mol. The quantitative estimate of drug-likeness (QED) is 0.713. The summed E-state index contributed by atoms with van der Waals surface area (Å²) < 4.78 is 20.9. The molecule has 0 aliphatic rings. The Bertz CT molecular complexity index is 586. The van der Waals surface area contributed by atoms with Gasteiger partial charge in [0.05, 0.1) is 0 Å². The molecule has 0 spiro atoms. The smallest absolute Gasteiger partial charge is 0.131 e. The molecule has 0 aliphatic carbocycles. The number of nitrogens with one attached hydrogen (secondary N) is 1. The van der Waals surface area contributed by atoms with E-state index in [1.54, 1.807) is 6.07 Å². The average Bonchev–Trinajstić information content (AvgIpc) is 2.47. The zero-order chi connectivity index (χ0) is 15.2. The number of rotatable bonds is 6. The molecule has 0 aliphatic heterocycles. The first kappa shape index (κ1) is 16.2. The molecule has 1 unspecified atom stereocenters. The van der Waals surface area contributed by atoms with Gasteiger partial charge in [-0.15, -0.1) is 0 Å². The van der Waals surface area contributed by atoms with Crippen molar-refractivity contribution >= 4 is 22.6 Å². The van der Waals surface area contributed by atoms with E-state index in [-0.39, 0.29) is 11.9 Å². The predicted molar refractivity (Wildman–Crippen MR) is 92.0 cm³/mol. The van der Waals surface area contributed by atoms with Crippen LogP contribution in [0, 0.1) is 9.39 Å².